The van der Waals surface area contributed by atoms with Crippen molar-refractivity contribution in [2.45, 2.75) is 45.3 Å². The Morgan fingerprint density at radius 2 is 2.19 bits per heavy atom. The van der Waals surface area contributed by atoms with Crippen molar-refractivity contribution in [1.82, 2.24) is 24.9 Å². The second-order valence-corrected chi connectivity index (χ2v) is 8.33. The number of urea groups is 1. The standard InChI is InChI=1S/C19H27N5OS/c1-15-6-11-26-18(15)14-22-12-16(24-17(13-22)5-8-21-24)4-7-20-19(25)23-9-2-3-10-23/h5-6,8,11,16H,2-4,7,9-10,12-14H2,1H3,(H,20,25)/t16-/m0/s1. The third-order valence-electron chi connectivity index (χ3n) is 5.44. The average Bonchev–Trinajstić information content (AvgIpc) is 3.37. The Hall–Kier alpha value is -1.86. The number of hydrogen-bond donors (Lipinski definition) is 1. The Morgan fingerprint density at radius 3 is 2.96 bits per heavy atom. The van der Waals surface area contributed by atoms with Gasteiger partial charge in [0.2, 0.25) is 0 Å². The van der Waals surface area contributed by atoms with E-state index in [9.17, 15) is 4.79 Å². The van der Waals surface area contributed by atoms with Crippen molar-refractivity contribution in [3.05, 3.63) is 39.8 Å². The number of carbonyl (C=O) groups excluding carboxylic acids is 1. The summed E-state index contributed by atoms with van der Waals surface area (Å²) in [5.74, 6) is 0. The highest BCUT2D eigenvalue weighted by Gasteiger charge is 2.26. The smallest absolute Gasteiger partial charge is 0.317 e. The Labute approximate surface area is 158 Å². The van der Waals surface area contributed by atoms with E-state index in [2.05, 4.69) is 44.4 Å². The Balaban J connectivity index is 1.35. The number of fused-ring (bicyclic) bond motifs is 1. The molecule has 0 aliphatic carbocycles. The van der Waals surface area contributed by atoms with E-state index >= 15 is 0 Å². The molecule has 26 heavy (non-hydrogen) atoms. The van der Waals surface area contributed by atoms with Crippen molar-refractivity contribution < 1.29 is 4.79 Å². The summed E-state index contributed by atoms with van der Waals surface area (Å²) in [6, 6.07) is 4.71. The molecule has 0 radical (unpaired) electrons. The molecule has 2 amide bonds. The molecule has 0 bridgehead atoms. The summed E-state index contributed by atoms with van der Waals surface area (Å²) in [5, 5.41) is 9.80. The first kappa shape index (κ1) is 17.5. The van der Waals surface area contributed by atoms with Gasteiger partial charge in [-0.1, -0.05) is 0 Å². The molecule has 1 fully saturated rings. The van der Waals surface area contributed by atoms with E-state index in [1.54, 1.807) is 0 Å². The van der Waals surface area contributed by atoms with Crippen LogP contribution in [0, 0.1) is 6.92 Å². The van der Waals surface area contributed by atoms with Crippen molar-refractivity contribution in [2.75, 3.05) is 26.2 Å². The monoisotopic (exact) mass is 373 g/mol. The number of rotatable bonds is 5. The highest BCUT2D eigenvalue weighted by atomic mass is 32.1. The number of hydrogen-bond acceptors (Lipinski definition) is 4. The predicted molar refractivity (Wildman–Crippen MR) is 103 cm³/mol. The lowest BCUT2D eigenvalue weighted by molar-refractivity contribution is 0.161. The van der Waals surface area contributed by atoms with Crippen molar-refractivity contribution in [1.29, 1.82) is 0 Å². The minimum absolute atomic E-state index is 0.0880. The molecule has 4 rings (SSSR count). The van der Waals surface area contributed by atoms with E-state index in [-0.39, 0.29) is 6.03 Å². The van der Waals surface area contributed by atoms with Gasteiger partial charge < -0.3 is 10.2 Å². The number of amides is 2. The molecular weight excluding hydrogens is 346 g/mol. The van der Waals surface area contributed by atoms with Gasteiger partial charge in [-0.25, -0.2) is 4.79 Å². The van der Waals surface area contributed by atoms with E-state index in [1.807, 2.05) is 22.4 Å². The van der Waals surface area contributed by atoms with Crippen LogP contribution in [-0.4, -0.2) is 51.8 Å². The van der Waals surface area contributed by atoms with Crippen molar-refractivity contribution in [3.8, 4) is 0 Å². The molecule has 0 unspecified atom stereocenters. The number of carbonyl (C=O) groups is 1. The van der Waals surface area contributed by atoms with Crippen LogP contribution in [0.15, 0.2) is 23.7 Å². The second kappa shape index (κ2) is 7.80. The van der Waals surface area contributed by atoms with E-state index in [1.165, 1.54) is 16.1 Å². The largest absolute Gasteiger partial charge is 0.338 e. The number of likely N-dealkylation sites (tertiary alicyclic amines) is 1. The minimum Gasteiger partial charge on any atom is -0.338 e. The first-order chi connectivity index (χ1) is 12.7. The predicted octanol–water partition coefficient (Wildman–Crippen LogP) is 3.01. The topological polar surface area (TPSA) is 53.4 Å². The lowest BCUT2D eigenvalue weighted by Gasteiger charge is -2.34. The van der Waals surface area contributed by atoms with Gasteiger partial charge in [0.25, 0.3) is 0 Å². The molecule has 1 saturated heterocycles. The molecule has 0 aromatic carbocycles. The third-order valence-corrected chi connectivity index (χ3v) is 6.44. The van der Waals surface area contributed by atoms with Gasteiger partial charge in [-0.15, -0.1) is 11.3 Å². The van der Waals surface area contributed by atoms with E-state index in [0.717, 1.165) is 52.0 Å². The van der Waals surface area contributed by atoms with Gasteiger partial charge in [-0.3, -0.25) is 9.58 Å². The molecule has 6 nitrogen and oxygen atoms in total. The maximum Gasteiger partial charge on any atom is 0.317 e. The van der Waals surface area contributed by atoms with Crippen molar-refractivity contribution >= 4 is 17.4 Å². The van der Waals surface area contributed by atoms with Crippen LogP contribution in [0.3, 0.4) is 0 Å². The molecule has 7 heteroatoms. The molecular formula is C19H27N5OS. The van der Waals surface area contributed by atoms with Gasteiger partial charge in [-0.2, -0.15) is 5.10 Å². The number of nitrogens with zero attached hydrogens (tertiary/aromatic N) is 4. The van der Waals surface area contributed by atoms with Gasteiger partial charge >= 0.3 is 6.03 Å². The fourth-order valence-corrected chi connectivity index (χ4v) is 4.89. The average molecular weight is 374 g/mol. The molecule has 2 aliphatic heterocycles. The third kappa shape index (κ3) is 3.78. The summed E-state index contributed by atoms with van der Waals surface area (Å²) in [7, 11) is 0. The zero-order valence-electron chi connectivity index (χ0n) is 15.4. The fraction of sp³-hybridized carbons (Fsp3) is 0.579. The summed E-state index contributed by atoms with van der Waals surface area (Å²) in [6.07, 6.45) is 5.06. The molecule has 0 spiro atoms. The van der Waals surface area contributed by atoms with Crippen LogP contribution < -0.4 is 5.32 Å². The highest BCUT2D eigenvalue weighted by Crippen LogP contribution is 2.26. The van der Waals surface area contributed by atoms with E-state index < -0.39 is 0 Å². The Kier molecular flexibility index (Phi) is 5.26. The SMILES string of the molecule is Cc1ccsc1CN1Cc2ccnn2[C@@H](CCNC(=O)N2CCCC2)C1. The summed E-state index contributed by atoms with van der Waals surface area (Å²) in [4.78, 5) is 18.0. The van der Waals surface area contributed by atoms with E-state index in [4.69, 9.17) is 0 Å². The van der Waals surface area contributed by atoms with Gasteiger partial charge in [0.1, 0.15) is 0 Å². The summed E-state index contributed by atoms with van der Waals surface area (Å²) in [5.41, 5.74) is 2.64. The van der Waals surface area contributed by atoms with Gasteiger partial charge in [0, 0.05) is 50.3 Å². The first-order valence-electron chi connectivity index (χ1n) is 9.51. The minimum atomic E-state index is 0.0880. The number of nitrogens with one attached hydrogen (secondary N) is 1. The van der Waals surface area contributed by atoms with Crippen molar-refractivity contribution in [2.24, 2.45) is 0 Å². The van der Waals surface area contributed by atoms with Crippen LogP contribution >= 0.6 is 11.3 Å². The van der Waals surface area contributed by atoms with Gasteiger partial charge in [-0.05, 0) is 49.3 Å². The van der Waals surface area contributed by atoms with Crippen LogP contribution in [0.2, 0.25) is 0 Å². The van der Waals surface area contributed by atoms with Crippen LogP contribution in [0.1, 0.15) is 41.4 Å². The number of aryl methyl sites for hydroxylation is 1. The normalized spacial score (nSPS) is 20.3. The zero-order chi connectivity index (χ0) is 17.9. The summed E-state index contributed by atoms with van der Waals surface area (Å²) >= 11 is 1.84. The van der Waals surface area contributed by atoms with E-state index in [0.29, 0.717) is 12.6 Å². The summed E-state index contributed by atoms with van der Waals surface area (Å²) in [6.45, 7) is 7.58. The second-order valence-electron chi connectivity index (χ2n) is 7.33. The van der Waals surface area contributed by atoms with Crippen LogP contribution in [0.25, 0.3) is 0 Å². The molecule has 2 aromatic heterocycles. The first-order valence-corrected chi connectivity index (χ1v) is 10.4. The molecule has 2 aromatic rings. The molecule has 4 heterocycles. The quantitative estimate of drug-likeness (QED) is 0.877. The lowest BCUT2D eigenvalue weighted by atomic mass is 10.1. The van der Waals surface area contributed by atoms with Crippen LogP contribution in [0.5, 0.6) is 0 Å². The zero-order valence-corrected chi connectivity index (χ0v) is 16.2. The molecule has 2 aliphatic rings. The number of thiophene rings is 1. The molecule has 0 saturated carbocycles. The lowest BCUT2D eigenvalue weighted by Crippen LogP contribution is -2.41. The summed E-state index contributed by atoms with van der Waals surface area (Å²) < 4.78 is 2.15. The molecule has 1 atom stereocenters. The Bertz CT molecular complexity index is 749. The van der Waals surface area contributed by atoms with Crippen molar-refractivity contribution in [3.63, 3.8) is 0 Å². The van der Waals surface area contributed by atoms with Gasteiger partial charge in [0.05, 0.1) is 11.7 Å². The molecule has 140 valence electrons. The highest BCUT2D eigenvalue weighted by molar-refractivity contribution is 7.10. The Morgan fingerprint density at radius 1 is 1.35 bits per heavy atom. The van der Waals surface area contributed by atoms with Crippen LogP contribution in [0.4, 0.5) is 4.79 Å². The maximum absolute atomic E-state index is 12.2. The number of aromatic nitrogens is 2. The molecule has 1 N–H and O–H groups in total. The van der Waals surface area contributed by atoms with Crippen LogP contribution in [-0.2, 0) is 13.1 Å². The van der Waals surface area contributed by atoms with Gasteiger partial charge in [0.15, 0.2) is 0 Å². The maximum atomic E-state index is 12.2. The fourth-order valence-electron chi connectivity index (χ4n) is 3.95.